The highest BCUT2D eigenvalue weighted by Crippen LogP contribution is 2.53. The number of carbonyl (C=O) groups is 2. The molecule has 4 fully saturated rings. The van der Waals surface area contributed by atoms with Crippen molar-refractivity contribution in [2.45, 2.75) is 76.4 Å². The van der Waals surface area contributed by atoms with E-state index < -0.39 is 6.04 Å². The van der Waals surface area contributed by atoms with Crippen molar-refractivity contribution in [3.05, 3.63) is 28.2 Å². The third-order valence-electron chi connectivity index (χ3n) is 8.42. The van der Waals surface area contributed by atoms with E-state index in [0.29, 0.717) is 28.3 Å². The number of benzene rings is 1. The monoisotopic (exact) mass is 492 g/mol. The van der Waals surface area contributed by atoms with Crippen LogP contribution in [0.3, 0.4) is 0 Å². The van der Waals surface area contributed by atoms with Gasteiger partial charge < -0.3 is 20.0 Å². The summed E-state index contributed by atoms with van der Waals surface area (Å²) in [5, 5.41) is 3.70. The van der Waals surface area contributed by atoms with Crippen LogP contribution in [0.2, 0.25) is 10.0 Å². The molecule has 1 spiro atoms. The van der Waals surface area contributed by atoms with Crippen LogP contribution in [0.25, 0.3) is 0 Å². The number of rotatable bonds is 5. The number of piperazine rings is 1. The molecule has 0 radical (unpaired) electrons. The van der Waals surface area contributed by atoms with Gasteiger partial charge in [0.1, 0.15) is 6.04 Å². The standard InChI is InChI=1S/C25H34Cl2N4O2/c1-17-23(32)31-19(3-2-12-29-13-10-25(8-9-25)11-14-29)5-6-20(31)16-30(17)24(33)28-18-4-7-21(26)22(27)15-18/h4,7,15,17,19-20H,2-3,5-6,8-14,16H2,1H3,(H,28,33). The van der Waals surface area contributed by atoms with Crippen LogP contribution in [0.4, 0.5) is 10.5 Å². The molecule has 3 amide bonds. The lowest BCUT2D eigenvalue weighted by molar-refractivity contribution is -0.143. The Morgan fingerprint density at radius 3 is 2.58 bits per heavy atom. The number of likely N-dealkylation sites (tertiary alicyclic amines) is 1. The second kappa shape index (κ2) is 9.27. The molecule has 0 bridgehead atoms. The molecule has 180 valence electrons. The molecule has 6 nitrogen and oxygen atoms in total. The maximum absolute atomic E-state index is 13.3. The van der Waals surface area contributed by atoms with Gasteiger partial charge in [0.2, 0.25) is 5.91 Å². The highest BCUT2D eigenvalue weighted by atomic mass is 35.5. The summed E-state index contributed by atoms with van der Waals surface area (Å²) in [5.41, 5.74) is 1.30. The number of urea groups is 1. The van der Waals surface area contributed by atoms with E-state index in [-0.39, 0.29) is 18.0 Å². The molecule has 3 heterocycles. The Hall–Kier alpha value is -1.50. The average Bonchev–Trinajstić information content (AvgIpc) is 3.43. The lowest BCUT2D eigenvalue weighted by Gasteiger charge is -2.43. The number of hydrogen-bond donors (Lipinski definition) is 1. The molecule has 3 saturated heterocycles. The van der Waals surface area contributed by atoms with Crippen LogP contribution >= 0.6 is 23.2 Å². The normalized spacial score (nSPS) is 28.8. The van der Waals surface area contributed by atoms with Crippen molar-refractivity contribution >= 4 is 40.8 Å². The van der Waals surface area contributed by atoms with Crippen LogP contribution in [0.15, 0.2) is 18.2 Å². The second-order valence-corrected chi connectivity index (χ2v) is 11.3. The van der Waals surface area contributed by atoms with Gasteiger partial charge in [-0.25, -0.2) is 4.79 Å². The fraction of sp³-hybridized carbons (Fsp3) is 0.680. The van der Waals surface area contributed by atoms with Crippen molar-refractivity contribution in [2.75, 3.05) is 31.5 Å². The Morgan fingerprint density at radius 1 is 1.12 bits per heavy atom. The summed E-state index contributed by atoms with van der Waals surface area (Å²) in [6, 6.07) is 4.68. The first-order valence-corrected chi connectivity index (χ1v) is 13.2. The number of fused-ring (bicyclic) bond motifs is 1. The number of nitrogens with one attached hydrogen (secondary N) is 1. The molecule has 1 aromatic rings. The van der Waals surface area contributed by atoms with Crippen LogP contribution in [0.5, 0.6) is 0 Å². The molecule has 3 unspecified atom stereocenters. The summed E-state index contributed by atoms with van der Waals surface area (Å²) >= 11 is 12.0. The zero-order valence-corrected chi connectivity index (χ0v) is 20.9. The average molecular weight is 493 g/mol. The van der Waals surface area contributed by atoms with E-state index in [1.165, 1.54) is 38.8 Å². The van der Waals surface area contributed by atoms with Gasteiger partial charge in [0.05, 0.1) is 10.0 Å². The molecule has 1 aliphatic carbocycles. The molecule has 8 heteroatoms. The summed E-state index contributed by atoms with van der Waals surface area (Å²) in [7, 11) is 0. The molecule has 1 saturated carbocycles. The van der Waals surface area contributed by atoms with Gasteiger partial charge in [0.25, 0.3) is 0 Å². The topological polar surface area (TPSA) is 55.9 Å². The molecule has 1 aromatic carbocycles. The number of piperidine rings is 1. The van der Waals surface area contributed by atoms with E-state index in [9.17, 15) is 9.59 Å². The number of amides is 3. The SMILES string of the molecule is CC1C(=O)N2C(CCCN3CCC4(CC3)CC4)CCC2CN1C(=O)Nc1ccc(Cl)c(Cl)c1. The molecule has 0 aromatic heterocycles. The lowest BCUT2D eigenvalue weighted by Crippen LogP contribution is -2.62. The fourth-order valence-corrected chi connectivity index (χ4v) is 6.32. The third kappa shape index (κ3) is 4.85. The third-order valence-corrected chi connectivity index (χ3v) is 9.16. The zero-order chi connectivity index (χ0) is 23.2. The van der Waals surface area contributed by atoms with Gasteiger partial charge >= 0.3 is 6.03 Å². The molecule has 1 N–H and O–H groups in total. The van der Waals surface area contributed by atoms with Crippen molar-refractivity contribution in [1.82, 2.24) is 14.7 Å². The molecule has 33 heavy (non-hydrogen) atoms. The molecule has 3 atom stereocenters. The number of anilines is 1. The van der Waals surface area contributed by atoms with Gasteiger partial charge in [0.15, 0.2) is 0 Å². The molecular formula is C25H34Cl2N4O2. The molecule has 3 aliphatic heterocycles. The highest BCUT2D eigenvalue weighted by Gasteiger charge is 2.46. The first-order chi connectivity index (χ1) is 15.8. The van der Waals surface area contributed by atoms with Crippen molar-refractivity contribution in [3.63, 3.8) is 0 Å². The summed E-state index contributed by atoms with van der Waals surface area (Å²) < 4.78 is 0. The smallest absolute Gasteiger partial charge is 0.322 e. The minimum Gasteiger partial charge on any atom is -0.333 e. The van der Waals surface area contributed by atoms with E-state index in [0.717, 1.165) is 37.6 Å². The molecule has 4 aliphatic rings. The van der Waals surface area contributed by atoms with Crippen LogP contribution < -0.4 is 5.32 Å². The molecular weight excluding hydrogens is 459 g/mol. The minimum absolute atomic E-state index is 0.0756. The van der Waals surface area contributed by atoms with Crippen LogP contribution in [-0.4, -0.2) is 70.9 Å². The largest absolute Gasteiger partial charge is 0.333 e. The zero-order valence-electron chi connectivity index (χ0n) is 19.4. The number of carbonyl (C=O) groups excluding carboxylic acids is 2. The summed E-state index contributed by atoms with van der Waals surface area (Å²) in [4.78, 5) is 32.6. The maximum Gasteiger partial charge on any atom is 0.322 e. The quantitative estimate of drug-likeness (QED) is 0.610. The first kappa shape index (κ1) is 23.3. The van der Waals surface area contributed by atoms with E-state index in [1.807, 2.05) is 6.92 Å². The second-order valence-electron chi connectivity index (χ2n) is 10.5. The summed E-state index contributed by atoms with van der Waals surface area (Å²) in [6.07, 6.45) is 9.85. The highest BCUT2D eigenvalue weighted by molar-refractivity contribution is 6.42. The van der Waals surface area contributed by atoms with Crippen molar-refractivity contribution in [3.8, 4) is 0 Å². The Labute approximate surface area is 206 Å². The van der Waals surface area contributed by atoms with Gasteiger partial charge in [0, 0.05) is 24.3 Å². The van der Waals surface area contributed by atoms with Gasteiger partial charge in [-0.3, -0.25) is 4.79 Å². The van der Waals surface area contributed by atoms with Crippen molar-refractivity contribution in [2.24, 2.45) is 5.41 Å². The summed E-state index contributed by atoms with van der Waals surface area (Å²) in [6.45, 7) is 6.05. The van der Waals surface area contributed by atoms with Crippen LogP contribution in [-0.2, 0) is 4.79 Å². The number of nitrogens with zero attached hydrogens (tertiary/aromatic N) is 3. The van der Waals surface area contributed by atoms with E-state index in [2.05, 4.69) is 15.1 Å². The van der Waals surface area contributed by atoms with Gasteiger partial charge in [-0.05, 0) is 102 Å². The Balaban J connectivity index is 1.13. The molecule has 5 rings (SSSR count). The predicted octanol–water partition coefficient (Wildman–Crippen LogP) is 5.25. The van der Waals surface area contributed by atoms with Crippen LogP contribution in [0, 0.1) is 5.41 Å². The minimum atomic E-state index is -0.471. The number of hydrogen-bond acceptors (Lipinski definition) is 3. The Morgan fingerprint density at radius 2 is 1.88 bits per heavy atom. The van der Waals surface area contributed by atoms with E-state index in [4.69, 9.17) is 23.2 Å². The predicted molar refractivity (Wildman–Crippen MR) is 132 cm³/mol. The number of halogens is 2. The van der Waals surface area contributed by atoms with Crippen LogP contribution in [0.1, 0.15) is 58.3 Å². The summed E-state index contributed by atoms with van der Waals surface area (Å²) in [5.74, 6) is 0.0756. The van der Waals surface area contributed by atoms with Crippen molar-refractivity contribution < 1.29 is 9.59 Å². The lowest BCUT2D eigenvalue weighted by atomic mass is 9.93. The van der Waals surface area contributed by atoms with E-state index in [1.54, 1.807) is 23.1 Å². The Kier molecular flexibility index (Phi) is 6.53. The van der Waals surface area contributed by atoms with Gasteiger partial charge in [-0.2, -0.15) is 0 Å². The van der Waals surface area contributed by atoms with Gasteiger partial charge in [-0.1, -0.05) is 23.2 Å². The first-order valence-electron chi connectivity index (χ1n) is 12.4. The van der Waals surface area contributed by atoms with Gasteiger partial charge in [-0.15, -0.1) is 0 Å². The maximum atomic E-state index is 13.3. The Bertz CT molecular complexity index is 912. The van der Waals surface area contributed by atoms with Crippen molar-refractivity contribution in [1.29, 1.82) is 0 Å². The van der Waals surface area contributed by atoms with E-state index >= 15 is 0 Å². The fourth-order valence-electron chi connectivity index (χ4n) is 6.02.